The smallest absolute Gasteiger partial charge is 0.257 e. The van der Waals surface area contributed by atoms with Crippen LogP contribution in [-0.4, -0.2) is 82.4 Å². The molecule has 9 nitrogen and oxygen atoms in total. The summed E-state index contributed by atoms with van der Waals surface area (Å²) in [7, 11) is 0. The van der Waals surface area contributed by atoms with Gasteiger partial charge in [0.05, 0.1) is 11.8 Å². The molecule has 1 aromatic carbocycles. The molecule has 1 N–H and O–H groups in total. The van der Waals surface area contributed by atoms with E-state index in [1.807, 2.05) is 20.8 Å². The first kappa shape index (κ1) is 29.8. The summed E-state index contributed by atoms with van der Waals surface area (Å²) in [6.45, 7) is 11.5. The molecule has 1 aliphatic carbocycles. The molecule has 1 aromatic heterocycles. The van der Waals surface area contributed by atoms with Gasteiger partial charge in [0, 0.05) is 49.6 Å². The van der Waals surface area contributed by atoms with E-state index in [2.05, 4.69) is 25.1 Å². The Morgan fingerprint density at radius 1 is 1.14 bits per heavy atom. The summed E-state index contributed by atoms with van der Waals surface area (Å²) >= 11 is 0. The van der Waals surface area contributed by atoms with E-state index in [9.17, 15) is 14.0 Å². The number of rotatable bonds is 8. The van der Waals surface area contributed by atoms with Crippen LogP contribution in [0.15, 0.2) is 30.7 Å². The quantitative estimate of drug-likeness (QED) is 0.460. The number of anilines is 1. The number of likely N-dealkylation sites (tertiary alicyclic amines) is 1. The zero-order valence-electron chi connectivity index (χ0n) is 25.8. The monoisotopic (exact) mass is 592 g/mol. The Kier molecular flexibility index (Phi) is 8.33. The summed E-state index contributed by atoms with van der Waals surface area (Å²) in [6, 6.07) is 4.04. The molecule has 10 heteroatoms. The Balaban J connectivity index is 1.05. The van der Waals surface area contributed by atoms with Crippen molar-refractivity contribution in [2.45, 2.75) is 83.7 Å². The predicted molar refractivity (Wildman–Crippen MR) is 163 cm³/mol. The van der Waals surface area contributed by atoms with Crippen molar-refractivity contribution >= 4 is 17.6 Å². The van der Waals surface area contributed by atoms with Gasteiger partial charge >= 0.3 is 0 Å². The summed E-state index contributed by atoms with van der Waals surface area (Å²) in [5.41, 5.74) is 0.564. The van der Waals surface area contributed by atoms with Gasteiger partial charge in [0.1, 0.15) is 17.9 Å². The fraction of sp³-hybridized carbons (Fsp3) is 0.636. The normalized spacial score (nSPS) is 25.2. The van der Waals surface area contributed by atoms with Crippen molar-refractivity contribution in [1.29, 1.82) is 0 Å². The molecule has 0 bridgehead atoms. The van der Waals surface area contributed by atoms with Gasteiger partial charge in [-0.15, -0.1) is 0 Å². The van der Waals surface area contributed by atoms with Gasteiger partial charge in [-0.3, -0.25) is 9.59 Å². The molecule has 2 amide bonds. The van der Waals surface area contributed by atoms with Crippen LogP contribution in [0.5, 0.6) is 11.5 Å². The van der Waals surface area contributed by atoms with Gasteiger partial charge in [0.15, 0.2) is 11.6 Å². The zero-order chi connectivity index (χ0) is 30.2. The lowest BCUT2D eigenvalue weighted by Crippen LogP contribution is -2.61. The van der Waals surface area contributed by atoms with Crippen LogP contribution in [-0.2, 0) is 4.79 Å². The summed E-state index contributed by atoms with van der Waals surface area (Å²) in [6.07, 6.45) is 11.9. The Labute approximate surface area is 254 Å². The molecule has 4 heterocycles. The number of ether oxygens (including phenoxy) is 1. The van der Waals surface area contributed by atoms with Crippen molar-refractivity contribution in [3.05, 3.63) is 42.1 Å². The van der Waals surface area contributed by atoms with E-state index in [1.165, 1.54) is 43.9 Å². The molecule has 43 heavy (non-hydrogen) atoms. The molecule has 2 spiro atoms. The minimum atomic E-state index is -0.481. The highest BCUT2D eigenvalue weighted by Gasteiger charge is 2.47. The van der Waals surface area contributed by atoms with Crippen LogP contribution >= 0.6 is 0 Å². The van der Waals surface area contributed by atoms with Crippen LogP contribution in [0.2, 0.25) is 0 Å². The van der Waals surface area contributed by atoms with Crippen molar-refractivity contribution in [1.82, 2.24) is 25.1 Å². The van der Waals surface area contributed by atoms with E-state index in [0.717, 1.165) is 64.2 Å². The molecule has 4 fully saturated rings. The first-order valence-electron chi connectivity index (χ1n) is 16.0. The highest BCUT2D eigenvalue weighted by atomic mass is 19.1. The summed E-state index contributed by atoms with van der Waals surface area (Å²) in [5, 5.41) is 3.27. The fourth-order valence-electron chi connectivity index (χ4n) is 7.76. The number of nitrogens with one attached hydrogen (secondary N) is 1. The second kappa shape index (κ2) is 12.0. The molecule has 0 atom stereocenters. The minimum Gasteiger partial charge on any atom is -0.451 e. The topological polar surface area (TPSA) is 90.9 Å². The second-order valence-electron chi connectivity index (χ2n) is 13.6. The number of piperidine rings is 1. The number of halogens is 1. The molecule has 1 saturated carbocycles. The first-order valence-corrected chi connectivity index (χ1v) is 16.0. The number of hydrogen-bond donors (Lipinski definition) is 1. The van der Waals surface area contributed by atoms with Crippen molar-refractivity contribution in [3.8, 4) is 11.5 Å². The molecule has 3 saturated heterocycles. The maximum Gasteiger partial charge on any atom is 0.257 e. The SMILES string of the molecule is CCN(C(=O)c1cc(F)ccc1Oc1cncnc1N1CC2(CCN(C[C@H]3CC[C@]4(CCC(=O)N4)CC3)CC2)C1)C(C)C. The maximum absolute atomic E-state index is 14.2. The number of aromatic nitrogens is 2. The van der Waals surface area contributed by atoms with Gasteiger partial charge in [0.25, 0.3) is 5.91 Å². The molecule has 0 radical (unpaired) electrons. The third-order valence-electron chi connectivity index (χ3n) is 10.4. The third kappa shape index (κ3) is 6.21. The molecular weight excluding hydrogens is 547 g/mol. The van der Waals surface area contributed by atoms with E-state index < -0.39 is 5.82 Å². The van der Waals surface area contributed by atoms with Crippen LogP contribution in [0, 0.1) is 17.2 Å². The Hall–Kier alpha value is -3.27. The number of benzene rings is 1. The lowest BCUT2D eigenvalue weighted by atomic mass is 9.71. The van der Waals surface area contributed by atoms with Gasteiger partial charge in [-0.1, -0.05) is 0 Å². The lowest BCUT2D eigenvalue weighted by molar-refractivity contribution is -0.120. The average Bonchev–Trinajstić information content (AvgIpc) is 3.34. The Morgan fingerprint density at radius 3 is 2.53 bits per heavy atom. The molecule has 2 aromatic rings. The van der Waals surface area contributed by atoms with Gasteiger partial charge in [0.2, 0.25) is 5.91 Å². The summed E-state index contributed by atoms with van der Waals surface area (Å²) in [4.78, 5) is 40.4. The first-order chi connectivity index (χ1) is 20.7. The second-order valence-corrected chi connectivity index (χ2v) is 13.6. The van der Waals surface area contributed by atoms with E-state index in [4.69, 9.17) is 4.74 Å². The highest BCUT2D eigenvalue weighted by Crippen LogP contribution is 2.45. The van der Waals surface area contributed by atoms with E-state index >= 15 is 0 Å². The van der Waals surface area contributed by atoms with Crippen molar-refractivity contribution in [3.63, 3.8) is 0 Å². The van der Waals surface area contributed by atoms with Crippen LogP contribution in [0.3, 0.4) is 0 Å². The number of hydrogen-bond acceptors (Lipinski definition) is 7. The molecule has 232 valence electrons. The van der Waals surface area contributed by atoms with Crippen LogP contribution in [0.1, 0.15) is 82.5 Å². The van der Waals surface area contributed by atoms with Gasteiger partial charge in [-0.25, -0.2) is 14.4 Å². The number of carbonyl (C=O) groups excluding carboxylic acids is 2. The molecule has 0 unspecified atom stereocenters. The Morgan fingerprint density at radius 2 is 1.88 bits per heavy atom. The predicted octanol–water partition coefficient (Wildman–Crippen LogP) is 5.02. The molecule has 3 aliphatic heterocycles. The molecule has 4 aliphatic rings. The number of nitrogens with zero attached hydrogens (tertiary/aromatic N) is 5. The van der Waals surface area contributed by atoms with Crippen molar-refractivity contribution in [2.24, 2.45) is 11.3 Å². The summed E-state index contributed by atoms with van der Waals surface area (Å²) in [5.74, 6) is 1.69. The van der Waals surface area contributed by atoms with Crippen LogP contribution in [0.25, 0.3) is 0 Å². The summed E-state index contributed by atoms with van der Waals surface area (Å²) < 4.78 is 20.5. The zero-order valence-corrected chi connectivity index (χ0v) is 25.8. The van der Waals surface area contributed by atoms with E-state index in [-0.39, 0.29) is 34.4 Å². The molecule has 6 rings (SSSR count). The van der Waals surface area contributed by atoms with Crippen LogP contribution in [0.4, 0.5) is 10.2 Å². The lowest BCUT2D eigenvalue weighted by Gasteiger charge is -2.55. The Bertz CT molecular complexity index is 1330. The number of carbonyl (C=O) groups is 2. The number of amides is 2. The van der Waals surface area contributed by atoms with Gasteiger partial charge < -0.3 is 24.8 Å². The minimum absolute atomic E-state index is 0.0242. The van der Waals surface area contributed by atoms with E-state index in [0.29, 0.717) is 30.3 Å². The highest BCUT2D eigenvalue weighted by molar-refractivity contribution is 5.97. The van der Waals surface area contributed by atoms with Crippen molar-refractivity contribution in [2.75, 3.05) is 44.2 Å². The van der Waals surface area contributed by atoms with Crippen LogP contribution < -0.4 is 15.0 Å². The van der Waals surface area contributed by atoms with E-state index in [1.54, 1.807) is 11.1 Å². The average molecular weight is 593 g/mol. The largest absolute Gasteiger partial charge is 0.451 e. The maximum atomic E-state index is 14.2. The molecular formula is C33H45FN6O3. The fourth-order valence-corrected chi connectivity index (χ4v) is 7.76. The van der Waals surface area contributed by atoms with Crippen molar-refractivity contribution < 1.29 is 18.7 Å². The van der Waals surface area contributed by atoms with Gasteiger partial charge in [-0.05, 0) is 103 Å². The van der Waals surface area contributed by atoms with Gasteiger partial charge in [-0.2, -0.15) is 0 Å². The standard InChI is InChI=1S/C33H45FN6O3/c1-4-40(23(2)3)31(42)26-17-25(34)5-6-27(26)43-28-18-35-22-36-30(28)39-20-32(21-39)13-15-38(16-14-32)19-24-7-10-33(11-8-24)12-9-29(41)37-33/h5-6,17-18,22-24H,4,7-16,19-21H2,1-3H3,(H,37,41)/t24-,33+. The third-order valence-corrected chi connectivity index (χ3v) is 10.4.